The van der Waals surface area contributed by atoms with E-state index < -0.39 is 0 Å². The lowest BCUT2D eigenvalue weighted by atomic mass is 10.4. The zero-order valence-corrected chi connectivity index (χ0v) is 9.52. The largest absolute Gasteiger partial charge is 0.382 e. The summed E-state index contributed by atoms with van der Waals surface area (Å²) in [5.41, 5.74) is 5.98. The van der Waals surface area contributed by atoms with Gasteiger partial charge in [-0.1, -0.05) is 0 Å². The average molecular weight is 224 g/mol. The van der Waals surface area contributed by atoms with E-state index in [0.29, 0.717) is 5.69 Å². The number of nitrogens with zero attached hydrogens (tertiary/aromatic N) is 2. The first-order chi connectivity index (χ1) is 7.25. The van der Waals surface area contributed by atoms with E-state index in [1.165, 1.54) is 25.9 Å². The van der Waals surface area contributed by atoms with E-state index in [2.05, 4.69) is 9.88 Å². The number of hydrogen-bond donors (Lipinski definition) is 2. The fourth-order valence-electron chi connectivity index (χ4n) is 1.81. The van der Waals surface area contributed by atoms with Crippen LogP contribution in [-0.2, 0) is 6.42 Å². The lowest BCUT2D eigenvalue weighted by Gasteiger charge is -2.12. The molecule has 0 unspecified atom stereocenters. The number of thiazole rings is 1. The third-order valence-electron chi connectivity index (χ3n) is 2.67. The first kappa shape index (κ1) is 10.6. The molecule has 0 bridgehead atoms. The van der Waals surface area contributed by atoms with Crippen molar-refractivity contribution < 1.29 is 0 Å². The van der Waals surface area contributed by atoms with Crippen LogP contribution < -0.4 is 5.73 Å². The molecule has 1 aromatic heterocycles. The number of likely N-dealkylation sites (tertiary alicyclic amines) is 1. The molecule has 0 aromatic carbocycles. The third-order valence-corrected chi connectivity index (χ3v) is 3.58. The quantitative estimate of drug-likeness (QED) is 0.594. The highest BCUT2D eigenvalue weighted by molar-refractivity contribution is 7.09. The number of nitrogen functional groups attached to an aromatic ring is 1. The molecule has 0 spiro atoms. The lowest BCUT2D eigenvalue weighted by Crippen LogP contribution is -2.22. The van der Waals surface area contributed by atoms with E-state index in [4.69, 9.17) is 11.1 Å². The second-order valence-corrected chi connectivity index (χ2v) is 4.78. The van der Waals surface area contributed by atoms with Crippen LogP contribution >= 0.6 is 11.3 Å². The van der Waals surface area contributed by atoms with E-state index in [0.717, 1.165) is 18.0 Å². The summed E-state index contributed by atoms with van der Waals surface area (Å²) in [5, 5.41) is 10.2. The molecule has 1 aliphatic heterocycles. The maximum absolute atomic E-state index is 7.26. The van der Waals surface area contributed by atoms with Gasteiger partial charge in [0.1, 0.15) is 11.5 Å². The van der Waals surface area contributed by atoms with Crippen LogP contribution in [0.2, 0.25) is 0 Å². The van der Waals surface area contributed by atoms with Crippen LogP contribution in [0.25, 0.3) is 0 Å². The third kappa shape index (κ3) is 2.76. The van der Waals surface area contributed by atoms with E-state index in [9.17, 15) is 0 Å². The van der Waals surface area contributed by atoms with Crippen LogP contribution in [0, 0.1) is 5.41 Å². The minimum absolute atomic E-state index is 0.0682. The summed E-state index contributed by atoms with van der Waals surface area (Å²) in [6, 6.07) is 0. The van der Waals surface area contributed by atoms with Gasteiger partial charge in [0.25, 0.3) is 0 Å². The number of nitrogens with two attached hydrogens (primary N) is 1. The van der Waals surface area contributed by atoms with Gasteiger partial charge in [-0.05, 0) is 25.9 Å². The van der Waals surface area contributed by atoms with Crippen molar-refractivity contribution in [3.63, 3.8) is 0 Å². The van der Waals surface area contributed by atoms with E-state index in [1.807, 2.05) is 5.38 Å². The molecule has 0 amide bonds. The van der Waals surface area contributed by atoms with Gasteiger partial charge in [-0.3, -0.25) is 5.41 Å². The smallest absolute Gasteiger partial charge is 0.142 e. The Morgan fingerprint density at radius 2 is 2.27 bits per heavy atom. The number of hydrogen-bond acceptors (Lipinski definition) is 4. The highest BCUT2D eigenvalue weighted by atomic mass is 32.1. The molecule has 3 N–H and O–H groups in total. The van der Waals surface area contributed by atoms with Gasteiger partial charge in [-0.15, -0.1) is 11.3 Å². The molecule has 1 aromatic rings. The van der Waals surface area contributed by atoms with Gasteiger partial charge in [0.05, 0.1) is 5.01 Å². The Bertz CT molecular complexity index is 341. The molecule has 2 heterocycles. The maximum Gasteiger partial charge on any atom is 0.142 e. The topological polar surface area (TPSA) is 66.0 Å². The zero-order chi connectivity index (χ0) is 10.7. The summed E-state index contributed by atoms with van der Waals surface area (Å²) in [6.07, 6.45) is 3.64. The van der Waals surface area contributed by atoms with Crippen molar-refractivity contribution in [3.8, 4) is 0 Å². The van der Waals surface area contributed by atoms with E-state index in [-0.39, 0.29) is 5.84 Å². The molecule has 1 saturated heterocycles. The van der Waals surface area contributed by atoms with Crippen LogP contribution in [0.4, 0.5) is 0 Å². The number of rotatable bonds is 4. The molecule has 1 aliphatic rings. The summed E-state index contributed by atoms with van der Waals surface area (Å²) in [7, 11) is 0. The van der Waals surface area contributed by atoms with Gasteiger partial charge >= 0.3 is 0 Å². The van der Waals surface area contributed by atoms with E-state index >= 15 is 0 Å². The number of amidine groups is 1. The SMILES string of the molecule is N=C(N)c1csc(CCN2CCCC2)n1. The molecular formula is C10H16N4S. The molecule has 4 nitrogen and oxygen atoms in total. The maximum atomic E-state index is 7.26. The van der Waals surface area contributed by atoms with Crippen LogP contribution in [0.15, 0.2) is 5.38 Å². The lowest BCUT2D eigenvalue weighted by molar-refractivity contribution is 0.343. The fraction of sp³-hybridized carbons (Fsp3) is 0.600. The van der Waals surface area contributed by atoms with Crippen molar-refractivity contribution in [2.24, 2.45) is 5.73 Å². The first-order valence-corrected chi connectivity index (χ1v) is 6.15. The predicted molar refractivity (Wildman–Crippen MR) is 62.5 cm³/mol. The first-order valence-electron chi connectivity index (χ1n) is 5.27. The van der Waals surface area contributed by atoms with Crippen molar-refractivity contribution in [1.82, 2.24) is 9.88 Å². The summed E-state index contributed by atoms with van der Waals surface area (Å²) in [5.74, 6) is 0.0682. The highest BCUT2D eigenvalue weighted by Crippen LogP contribution is 2.12. The molecule has 0 saturated carbocycles. The number of nitrogens with one attached hydrogen (secondary N) is 1. The van der Waals surface area contributed by atoms with E-state index in [1.54, 1.807) is 11.3 Å². The molecule has 0 radical (unpaired) electrons. The predicted octanol–water partition coefficient (Wildman–Crippen LogP) is 1.07. The van der Waals surface area contributed by atoms with Gasteiger partial charge < -0.3 is 10.6 Å². The summed E-state index contributed by atoms with van der Waals surface area (Å²) in [6.45, 7) is 3.54. The fourth-order valence-corrected chi connectivity index (χ4v) is 2.60. The van der Waals surface area contributed by atoms with Crippen LogP contribution in [-0.4, -0.2) is 35.4 Å². The van der Waals surface area contributed by atoms with Gasteiger partial charge in [-0.25, -0.2) is 4.98 Å². The molecule has 82 valence electrons. The summed E-state index contributed by atoms with van der Waals surface area (Å²) < 4.78 is 0. The van der Waals surface area contributed by atoms with Crippen LogP contribution in [0.1, 0.15) is 23.5 Å². The summed E-state index contributed by atoms with van der Waals surface area (Å²) >= 11 is 1.60. The van der Waals surface area contributed by atoms with Gasteiger partial charge in [0, 0.05) is 18.3 Å². The minimum atomic E-state index is 0.0682. The Hall–Kier alpha value is -0.940. The molecular weight excluding hydrogens is 208 g/mol. The van der Waals surface area contributed by atoms with Crippen molar-refractivity contribution in [1.29, 1.82) is 5.41 Å². The standard InChI is InChI=1S/C10H16N4S/c11-10(12)8-7-15-9(13-8)3-6-14-4-1-2-5-14/h7H,1-6H2,(H3,11,12). The normalized spacial score (nSPS) is 17.1. The van der Waals surface area contributed by atoms with Crippen molar-refractivity contribution in [2.75, 3.05) is 19.6 Å². The molecule has 0 atom stereocenters. The van der Waals surface area contributed by atoms with Crippen LogP contribution in [0.5, 0.6) is 0 Å². The van der Waals surface area contributed by atoms with Gasteiger partial charge in [0.2, 0.25) is 0 Å². The molecule has 5 heteroatoms. The Balaban J connectivity index is 1.84. The zero-order valence-electron chi connectivity index (χ0n) is 8.70. The Morgan fingerprint density at radius 3 is 2.87 bits per heavy atom. The molecule has 0 aliphatic carbocycles. The number of aromatic nitrogens is 1. The Labute approximate surface area is 93.6 Å². The molecule has 1 fully saturated rings. The van der Waals surface area contributed by atoms with Crippen molar-refractivity contribution in [3.05, 3.63) is 16.1 Å². The second-order valence-electron chi connectivity index (χ2n) is 3.84. The molecule has 15 heavy (non-hydrogen) atoms. The van der Waals surface area contributed by atoms with Crippen LogP contribution in [0.3, 0.4) is 0 Å². The monoisotopic (exact) mass is 224 g/mol. The van der Waals surface area contributed by atoms with Gasteiger partial charge in [-0.2, -0.15) is 0 Å². The average Bonchev–Trinajstić information content (AvgIpc) is 2.86. The highest BCUT2D eigenvalue weighted by Gasteiger charge is 2.12. The summed E-state index contributed by atoms with van der Waals surface area (Å²) in [4.78, 5) is 6.78. The van der Waals surface area contributed by atoms with Crippen molar-refractivity contribution >= 4 is 17.2 Å². The minimum Gasteiger partial charge on any atom is -0.382 e. The molecule has 2 rings (SSSR count). The second kappa shape index (κ2) is 4.72. The van der Waals surface area contributed by atoms with Gasteiger partial charge in [0.15, 0.2) is 0 Å². The Kier molecular flexibility index (Phi) is 3.33. The Morgan fingerprint density at radius 1 is 1.53 bits per heavy atom. The van der Waals surface area contributed by atoms with Crippen molar-refractivity contribution in [2.45, 2.75) is 19.3 Å².